The van der Waals surface area contributed by atoms with E-state index in [0.717, 1.165) is 17.9 Å². The maximum absolute atomic E-state index is 13.0. The lowest BCUT2D eigenvalue weighted by Gasteiger charge is -2.16. The molecule has 1 unspecified atom stereocenters. The first-order valence-electron chi connectivity index (χ1n) is 5.45. The van der Waals surface area contributed by atoms with E-state index in [1.165, 1.54) is 6.07 Å². The summed E-state index contributed by atoms with van der Waals surface area (Å²) in [5.41, 5.74) is 0.777. The van der Waals surface area contributed by atoms with Crippen LogP contribution in [0.15, 0.2) is 41.0 Å². The van der Waals surface area contributed by atoms with Crippen LogP contribution in [0.3, 0.4) is 0 Å². The molecule has 1 heterocycles. The zero-order valence-electron chi connectivity index (χ0n) is 9.41. The third-order valence-electron chi connectivity index (χ3n) is 2.56. The third kappa shape index (κ3) is 2.80. The van der Waals surface area contributed by atoms with E-state index in [1.807, 2.05) is 19.1 Å². The Morgan fingerprint density at radius 2 is 2.24 bits per heavy atom. The van der Waals surface area contributed by atoms with E-state index in [2.05, 4.69) is 5.32 Å². The van der Waals surface area contributed by atoms with E-state index in [0.29, 0.717) is 0 Å². The monoisotopic (exact) mass is 253 g/mol. The number of hydrogen-bond acceptors (Lipinski definition) is 2. The highest BCUT2D eigenvalue weighted by Crippen LogP contribution is 2.25. The van der Waals surface area contributed by atoms with Gasteiger partial charge in [0.1, 0.15) is 11.6 Å². The van der Waals surface area contributed by atoms with Crippen LogP contribution in [0.5, 0.6) is 0 Å². The van der Waals surface area contributed by atoms with Crippen LogP contribution in [-0.4, -0.2) is 0 Å². The molecule has 2 aromatic rings. The van der Waals surface area contributed by atoms with Crippen LogP contribution in [0.25, 0.3) is 0 Å². The quantitative estimate of drug-likeness (QED) is 0.859. The van der Waals surface area contributed by atoms with Gasteiger partial charge in [-0.25, -0.2) is 4.39 Å². The molecule has 90 valence electrons. The van der Waals surface area contributed by atoms with Gasteiger partial charge >= 0.3 is 0 Å². The minimum Gasteiger partial charge on any atom is -0.467 e. The van der Waals surface area contributed by atoms with Gasteiger partial charge in [0.2, 0.25) is 0 Å². The molecule has 2 rings (SSSR count). The predicted octanol–water partition coefficient (Wildman–Crippen LogP) is 4.64. The highest BCUT2D eigenvalue weighted by atomic mass is 35.5. The van der Waals surface area contributed by atoms with Gasteiger partial charge in [-0.1, -0.05) is 18.5 Å². The first-order valence-corrected chi connectivity index (χ1v) is 5.83. The van der Waals surface area contributed by atoms with E-state index < -0.39 is 5.82 Å². The van der Waals surface area contributed by atoms with Crippen molar-refractivity contribution in [3.05, 3.63) is 53.2 Å². The fourth-order valence-corrected chi connectivity index (χ4v) is 1.83. The lowest BCUT2D eigenvalue weighted by Crippen LogP contribution is -2.08. The van der Waals surface area contributed by atoms with Gasteiger partial charge in [-0.2, -0.15) is 0 Å². The molecule has 0 aliphatic heterocycles. The number of halogens is 2. The molecule has 0 aliphatic rings. The van der Waals surface area contributed by atoms with Gasteiger partial charge in [0, 0.05) is 5.69 Å². The summed E-state index contributed by atoms with van der Waals surface area (Å²) in [6, 6.07) is 8.39. The normalized spacial score (nSPS) is 12.4. The summed E-state index contributed by atoms with van der Waals surface area (Å²) >= 11 is 5.73. The zero-order chi connectivity index (χ0) is 12.3. The fraction of sp³-hybridized carbons (Fsp3) is 0.231. The van der Waals surface area contributed by atoms with Crippen LogP contribution in [0.2, 0.25) is 5.02 Å². The second-order valence-electron chi connectivity index (χ2n) is 3.75. The summed E-state index contributed by atoms with van der Waals surface area (Å²) in [6.45, 7) is 2.05. The van der Waals surface area contributed by atoms with Gasteiger partial charge in [0.15, 0.2) is 0 Å². The van der Waals surface area contributed by atoms with E-state index in [1.54, 1.807) is 18.4 Å². The van der Waals surface area contributed by atoms with E-state index in [4.69, 9.17) is 16.0 Å². The van der Waals surface area contributed by atoms with Crippen molar-refractivity contribution in [1.82, 2.24) is 0 Å². The molecule has 0 spiro atoms. The molecule has 17 heavy (non-hydrogen) atoms. The van der Waals surface area contributed by atoms with Crippen molar-refractivity contribution in [3.63, 3.8) is 0 Å². The summed E-state index contributed by atoms with van der Waals surface area (Å²) in [4.78, 5) is 0. The van der Waals surface area contributed by atoms with Gasteiger partial charge in [0.05, 0.1) is 17.3 Å². The fourth-order valence-electron chi connectivity index (χ4n) is 1.65. The zero-order valence-corrected chi connectivity index (χ0v) is 10.2. The van der Waals surface area contributed by atoms with Crippen LogP contribution >= 0.6 is 11.6 Å². The molecule has 2 nitrogen and oxygen atoms in total. The third-order valence-corrected chi connectivity index (χ3v) is 2.85. The number of benzene rings is 1. The van der Waals surface area contributed by atoms with Gasteiger partial charge < -0.3 is 9.73 Å². The first-order chi connectivity index (χ1) is 8.20. The van der Waals surface area contributed by atoms with Gasteiger partial charge in [0.25, 0.3) is 0 Å². The Hall–Kier alpha value is -1.48. The van der Waals surface area contributed by atoms with Gasteiger partial charge in [-0.15, -0.1) is 0 Å². The van der Waals surface area contributed by atoms with Crippen molar-refractivity contribution in [3.8, 4) is 0 Å². The lowest BCUT2D eigenvalue weighted by molar-refractivity contribution is 0.474. The molecular formula is C13H13ClFNO. The van der Waals surface area contributed by atoms with Crippen molar-refractivity contribution in [2.45, 2.75) is 19.4 Å². The number of furan rings is 1. The molecule has 0 saturated heterocycles. The minimum atomic E-state index is -0.414. The smallest absolute Gasteiger partial charge is 0.141 e. The summed E-state index contributed by atoms with van der Waals surface area (Å²) in [5, 5.41) is 3.37. The average molecular weight is 254 g/mol. The van der Waals surface area contributed by atoms with Crippen LogP contribution < -0.4 is 5.32 Å². The Balaban J connectivity index is 2.16. The molecule has 1 atom stereocenters. The number of nitrogens with one attached hydrogen (secondary N) is 1. The summed E-state index contributed by atoms with van der Waals surface area (Å²) in [7, 11) is 0. The Bertz CT molecular complexity index is 484. The number of rotatable bonds is 4. The maximum Gasteiger partial charge on any atom is 0.141 e. The summed E-state index contributed by atoms with van der Waals surface area (Å²) in [6.07, 6.45) is 2.50. The maximum atomic E-state index is 13.0. The van der Waals surface area contributed by atoms with Crippen LogP contribution in [-0.2, 0) is 0 Å². The topological polar surface area (TPSA) is 25.2 Å². The first kappa shape index (κ1) is 12.0. The molecule has 0 amide bonds. The molecule has 0 saturated carbocycles. The van der Waals surface area contributed by atoms with Crippen LogP contribution in [0.4, 0.5) is 10.1 Å². The largest absolute Gasteiger partial charge is 0.467 e. The molecule has 0 bridgehead atoms. The van der Waals surface area contributed by atoms with Crippen molar-refractivity contribution in [2.24, 2.45) is 0 Å². The van der Waals surface area contributed by atoms with Crippen molar-refractivity contribution >= 4 is 17.3 Å². The molecule has 0 radical (unpaired) electrons. The number of anilines is 1. The van der Waals surface area contributed by atoms with Gasteiger partial charge in [-0.05, 0) is 36.8 Å². The highest BCUT2D eigenvalue weighted by Gasteiger charge is 2.12. The van der Waals surface area contributed by atoms with Crippen molar-refractivity contribution in [2.75, 3.05) is 5.32 Å². The Kier molecular flexibility index (Phi) is 3.69. The Morgan fingerprint density at radius 1 is 1.41 bits per heavy atom. The lowest BCUT2D eigenvalue weighted by atomic mass is 10.1. The number of hydrogen-bond donors (Lipinski definition) is 1. The van der Waals surface area contributed by atoms with E-state index >= 15 is 0 Å². The molecule has 1 N–H and O–H groups in total. The summed E-state index contributed by atoms with van der Waals surface area (Å²) < 4.78 is 18.4. The molecule has 4 heteroatoms. The minimum absolute atomic E-state index is 0.0616. The molecular weight excluding hydrogens is 241 g/mol. The average Bonchev–Trinajstić information content (AvgIpc) is 2.84. The molecule has 1 aromatic carbocycles. The van der Waals surface area contributed by atoms with Gasteiger partial charge in [-0.3, -0.25) is 0 Å². The standard InChI is InChI=1S/C13H13ClFNO/c1-2-12(13-4-3-7-17-13)16-9-5-6-11(15)10(14)8-9/h3-8,12,16H,2H2,1H3. The SMILES string of the molecule is CCC(Nc1ccc(F)c(Cl)c1)c1ccco1. The van der Waals surface area contributed by atoms with Crippen LogP contribution in [0.1, 0.15) is 25.1 Å². The molecule has 1 aromatic heterocycles. The van der Waals surface area contributed by atoms with Crippen molar-refractivity contribution < 1.29 is 8.81 Å². The Labute approximate surface area is 104 Å². The van der Waals surface area contributed by atoms with E-state index in [9.17, 15) is 4.39 Å². The predicted molar refractivity (Wildman–Crippen MR) is 66.8 cm³/mol. The second kappa shape index (κ2) is 5.23. The van der Waals surface area contributed by atoms with E-state index in [-0.39, 0.29) is 11.1 Å². The second-order valence-corrected chi connectivity index (χ2v) is 4.16. The van der Waals surface area contributed by atoms with Crippen LogP contribution in [0, 0.1) is 5.82 Å². The highest BCUT2D eigenvalue weighted by molar-refractivity contribution is 6.31. The summed E-state index contributed by atoms with van der Waals surface area (Å²) in [5.74, 6) is 0.441. The Morgan fingerprint density at radius 3 is 2.82 bits per heavy atom. The molecule has 0 aliphatic carbocycles. The van der Waals surface area contributed by atoms with Crippen molar-refractivity contribution in [1.29, 1.82) is 0 Å². The molecule has 0 fully saturated rings.